The molecular formula is C13H18FNO3. The molecule has 0 unspecified atom stereocenters. The van der Waals surface area contributed by atoms with Gasteiger partial charge in [-0.25, -0.2) is 9.18 Å². The van der Waals surface area contributed by atoms with Crippen molar-refractivity contribution in [1.82, 2.24) is 5.32 Å². The summed E-state index contributed by atoms with van der Waals surface area (Å²) < 4.78 is 22.7. The molecule has 1 aromatic rings. The first-order valence-corrected chi connectivity index (χ1v) is 5.82. The Hall–Kier alpha value is -1.46. The summed E-state index contributed by atoms with van der Waals surface area (Å²) in [4.78, 5) is 10.9. The molecule has 0 atom stereocenters. The first kappa shape index (κ1) is 14.6. The Morgan fingerprint density at radius 1 is 1.39 bits per heavy atom. The lowest BCUT2D eigenvalue weighted by Gasteiger charge is -2.06. The van der Waals surface area contributed by atoms with Crippen molar-refractivity contribution in [3.8, 4) is 0 Å². The molecule has 1 N–H and O–H groups in total. The van der Waals surface area contributed by atoms with Crippen LogP contribution in [0.25, 0.3) is 0 Å². The van der Waals surface area contributed by atoms with E-state index in [2.05, 4.69) is 10.1 Å². The van der Waals surface area contributed by atoms with Crippen LogP contribution in [0.3, 0.4) is 0 Å². The van der Waals surface area contributed by atoms with E-state index in [0.29, 0.717) is 31.7 Å². The monoisotopic (exact) mass is 255 g/mol. The molecule has 0 saturated heterocycles. The minimum absolute atomic E-state index is 0.0251. The Morgan fingerprint density at radius 2 is 2.17 bits per heavy atom. The van der Waals surface area contributed by atoms with Crippen molar-refractivity contribution >= 4 is 5.97 Å². The number of benzene rings is 1. The Balaban J connectivity index is 2.06. The van der Waals surface area contributed by atoms with E-state index in [1.807, 2.05) is 0 Å². The molecule has 0 aromatic heterocycles. The fraction of sp³-hybridized carbons (Fsp3) is 0.462. The van der Waals surface area contributed by atoms with Crippen LogP contribution in [0.15, 0.2) is 24.3 Å². The average Bonchev–Trinajstić information content (AvgIpc) is 2.36. The van der Waals surface area contributed by atoms with Crippen molar-refractivity contribution in [2.75, 3.05) is 26.9 Å². The first-order valence-electron chi connectivity index (χ1n) is 5.82. The summed E-state index contributed by atoms with van der Waals surface area (Å²) in [6.07, 6.45) is 0.684. The number of nitrogens with one attached hydrogen (secondary N) is 1. The molecule has 4 nitrogen and oxygen atoms in total. The second kappa shape index (κ2) is 8.60. The van der Waals surface area contributed by atoms with Crippen molar-refractivity contribution in [1.29, 1.82) is 0 Å². The van der Waals surface area contributed by atoms with Gasteiger partial charge in [-0.05, 0) is 19.0 Å². The molecule has 1 rings (SSSR count). The van der Waals surface area contributed by atoms with E-state index in [9.17, 15) is 9.18 Å². The van der Waals surface area contributed by atoms with Crippen molar-refractivity contribution in [3.63, 3.8) is 0 Å². The van der Waals surface area contributed by atoms with Crippen LogP contribution in [-0.4, -0.2) is 32.8 Å². The Kier molecular flexibility index (Phi) is 6.98. The van der Waals surface area contributed by atoms with E-state index in [1.54, 1.807) is 18.2 Å². The fourth-order valence-electron chi connectivity index (χ4n) is 1.41. The van der Waals surface area contributed by atoms with Gasteiger partial charge in [0, 0.05) is 19.2 Å². The van der Waals surface area contributed by atoms with Gasteiger partial charge < -0.3 is 14.8 Å². The zero-order valence-corrected chi connectivity index (χ0v) is 10.4. The number of carbonyl (C=O) groups excluding carboxylic acids is 1. The largest absolute Gasteiger partial charge is 0.464 e. The third kappa shape index (κ3) is 5.75. The second-order valence-electron chi connectivity index (χ2n) is 3.78. The number of halogens is 1. The molecule has 0 fully saturated rings. The normalized spacial score (nSPS) is 10.3. The summed E-state index contributed by atoms with van der Waals surface area (Å²) >= 11 is 0. The van der Waals surface area contributed by atoms with E-state index in [1.165, 1.54) is 13.2 Å². The third-order valence-corrected chi connectivity index (χ3v) is 2.30. The predicted molar refractivity (Wildman–Crippen MR) is 65.6 cm³/mol. The minimum Gasteiger partial charge on any atom is -0.464 e. The SMILES string of the molecule is COCC(=O)OCCCNCc1ccccc1F. The number of rotatable bonds is 8. The lowest BCUT2D eigenvalue weighted by atomic mass is 10.2. The maximum atomic E-state index is 13.2. The maximum absolute atomic E-state index is 13.2. The van der Waals surface area contributed by atoms with Gasteiger partial charge in [0.1, 0.15) is 12.4 Å². The fourth-order valence-corrected chi connectivity index (χ4v) is 1.41. The zero-order valence-electron chi connectivity index (χ0n) is 10.4. The van der Waals surface area contributed by atoms with Crippen LogP contribution in [0.5, 0.6) is 0 Å². The number of carbonyl (C=O) groups is 1. The third-order valence-electron chi connectivity index (χ3n) is 2.30. The smallest absolute Gasteiger partial charge is 0.332 e. The van der Waals surface area contributed by atoms with Crippen molar-refractivity contribution in [2.45, 2.75) is 13.0 Å². The molecule has 0 aliphatic carbocycles. The number of esters is 1. The first-order chi connectivity index (χ1) is 8.74. The number of hydrogen-bond acceptors (Lipinski definition) is 4. The predicted octanol–water partition coefficient (Wildman–Crippen LogP) is 1.49. The van der Waals surface area contributed by atoms with Crippen LogP contribution < -0.4 is 5.32 Å². The van der Waals surface area contributed by atoms with Gasteiger partial charge in [-0.2, -0.15) is 0 Å². The van der Waals surface area contributed by atoms with E-state index in [4.69, 9.17) is 4.74 Å². The van der Waals surface area contributed by atoms with Crippen LogP contribution >= 0.6 is 0 Å². The lowest BCUT2D eigenvalue weighted by molar-refractivity contribution is -0.147. The molecule has 0 aliphatic rings. The summed E-state index contributed by atoms with van der Waals surface area (Å²) in [7, 11) is 1.44. The molecule has 0 bridgehead atoms. The highest BCUT2D eigenvalue weighted by molar-refractivity contribution is 5.70. The summed E-state index contributed by atoms with van der Waals surface area (Å²) in [6.45, 7) is 1.45. The van der Waals surface area contributed by atoms with Crippen LogP contribution in [0.1, 0.15) is 12.0 Å². The molecular weight excluding hydrogens is 237 g/mol. The highest BCUT2D eigenvalue weighted by Gasteiger charge is 2.01. The molecule has 0 radical (unpaired) electrons. The molecule has 0 saturated carbocycles. The average molecular weight is 255 g/mol. The Labute approximate surface area is 106 Å². The van der Waals surface area contributed by atoms with E-state index >= 15 is 0 Å². The van der Waals surface area contributed by atoms with Gasteiger partial charge in [0.05, 0.1) is 6.61 Å². The van der Waals surface area contributed by atoms with Crippen molar-refractivity contribution < 1.29 is 18.7 Å². The highest BCUT2D eigenvalue weighted by atomic mass is 19.1. The summed E-state index contributed by atoms with van der Waals surface area (Å²) in [5, 5.41) is 3.09. The van der Waals surface area contributed by atoms with Crippen molar-refractivity contribution in [2.24, 2.45) is 0 Å². The van der Waals surface area contributed by atoms with E-state index in [0.717, 1.165) is 0 Å². The number of methoxy groups -OCH3 is 1. The van der Waals surface area contributed by atoms with Gasteiger partial charge in [0.2, 0.25) is 0 Å². The summed E-state index contributed by atoms with van der Waals surface area (Å²) in [5.41, 5.74) is 0.633. The van der Waals surface area contributed by atoms with Crippen LogP contribution in [0, 0.1) is 5.82 Å². The van der Waals surface area contributed by atoms with Crippen molar-refractivity contribution in [3.05, 3.63) is 35.6 Å². The van der Waals surface area contributed by atoms with Crippen LogP contribution in [0.4, 0.5) is 4.39 Å². The van der Waals surface area contributed by atoms with Gasteiger partial charge in [0.25, 0.3) is 0 Å². The van der Waals surface area contributed by atoms with Crippen LogP contribution in [0.2, 0.25) is 0 Å². The van der Waals surface area contributed by atoms with Crippen LogP contribution in [-0.2, 0) is 20.8 Å². The Morgan fingerprint density at radius 3 is 2.89 bits per heavy atom. The molecule has 0 aliphatic heterocycles. The molecule has 100 valence electrons. The quantitative estimate of drug-likeness (QED) is 0.565. The highest BCUT2D eigenvalue weighted by Crippen LogP contribution is 2.05. The summed E-state index contributed by atoms with van der Waals surface area (Å²) in [6, 6.07) is 6.63. The van der Waals surface area contributed by atoms with Gasteiger partial charge in [-0.1, -0.05) is 18.2 Å². The molecule has 0 spiro atoms. The van der Waals surface area contributed by atoms with Gasteiger partial charge in [-0.15, -0.1) is 0 Å². The topological polar surface area (TPSA) is 47.6 Å². The molecule has 0 amide bonds. The molecule has 5 heteroatoms. The maximum Gasteiger partial charge on any atom is 0.332 e. The Bertz CT molecular complexity index is 371. The zero-order chi connectivity index (χ0) is 13.2. The second-order valence-corrected chi connectivity index (χ2v) is 3.78. The van der Waals surface area contributed by atoms with Gasteiger partial charge in [0.15, 0.2) is 0 Å². The van der Waals surface area contributed by atoms with E-state index in [-0.39, 0.29) is 18.4 Å². The van der Waals surface area contributed by atoms with Gasteiger partial charge in [-0.3, -0.25) is 0 Å². The lowest BCUT2D eigenvalue weighted by Crippen LogP contribution is -2.19. The molecule has 1 aromatic carbocycles. The summed E-state index contributed by atoms with van der Waals surface area (Å²) in [5.74, 6) is -0.580. The van der Waals surface area contributed by atoms with Gasteiger partial charge >= 0.3 is 5.97 Å². The minimum atomic E-state index is -0.369. The number of hydrogen-bond donors (Lipinski definition) is 1. The molecule has 18 heavy (non-hydrogen) atoms. The number of ether oxygens (including phenoxy) is 2. The van der Waals surface area contributed by atoms with E-state index < -0.39 is 0 Å². The molecule has 0 heterocycles. The standard InChI is InChI=1S/C13H18FNO3/c1-17-10-13(16)18-8-4-7-15-9-11-5-2-3-6-12(11)14/h2-3,5-6,15H,4,7-10H2,1H3.